The van der Waals surface area contributed by atoms with E-state index in [4.69, 9.17) is 17.5 Å². The van der Waals surface area contributed by atoms with Gasteiger partial charge in [0, 0.05) is 12.6 Å². The van der Waals surface area contributed by atoms with Crippen molar-refractivity contribution in [3.8, 4) is 6.07 Å². The van der Waals surface area contributed by atoms with Gasteiger partial charge in [0.15, 0.2) is 10.9 Å². The first-order valence-electron chi connectivity index (χ1n) is 6.39. The molecule has 0 saturated carbocycles. The van der Waals surface area contributed by atoms with Crippen LogP contribution in [0, 0.1) is 11.3 Å². The third-order valence-corrected chi connectivity index (χ3v) is 2.54. The molecular formula is C13H14F3N5S. The number of anilines is 1. The van der Waals surface area contributed by atoms with Crippen molar-refractivity contribution in [2.75, 3.05) is 11.9 Å². The normalized spacial score (nSPS) is 11.2. The highest BCUT2D eigenvalue weighted by atomic mass is 32.1. The van der Waals surface area contributed by atoms with Gasteiger partial charge < -0.3 is 10.6 Å². The molecule has 9 heteroatoms. The lowest BCUT2D eigenvalue weighted by Gasteiger charge is -2.11. The summed E-state index contributed by atoms with van der Waals surface area (Å²) in [5.41, 5.74) is 0. The van der Waals surface area contributed by atoms with Gasteiger partial charge in [-0.2, -0.15) is 18.4 Å². The van der Waals surface area contributed by atoms with Crippen LogP contribution in [0.15, 0.2) is 18.3 Å². The zero-order chi connectivity index (χ0) is 16.4. The Morgan fingerprint density at radius 2 is 2.23 bits per heavy atom. The molecular weight excluding hydrogens is 315 g/mol. The quantitative estimate of drug-likeness (QED) is 0.617. The van der Waals surface area contributed by atoms with Crippen LogP contribution in [-0.2, 0) is 0 Å². The molecule has 5 nitrogen and oxygen atoms in total. The monoisotopic (exact) mass is 329 g/mol. The molecule has 0 unspecified atom stereocenters. The number of nitrogens with zero attached hydrogens (tertiary/aromatic N) is 3. The van der Waals surface area contributed by atoms with Crippen molar-refractivity contribution < 1.29 is 13.2 Å². The van der Waals surface area contributed by atoms with Crippen LogP contribution in [0.4, 0.5) is 19.0 Å². The number of nitriles is 1. The van der Waals surface area contributed by atoms with Crippen molar-refractivity contribution in [3.05, 3.63) is 24.2 Å². The summed E-state index contributed by atoms with van der Waals surface area (Å²) >= 11 is 4.75. The fraction of sp³-hybridized carbons (Fsp3) is 0.385. The van der Waals surface area contributed by atoms with Gasteiger partial charge in [0.05, 0.1) is 6.07 Å². The summed E-state index contributed by atoms with van der Waals surface area (Å²) in [7, 11) is 0. The topological polar surface area (TPSA) is 73.6 Å². The second-order valence-corrected chi connectivity index (χ2v) is 4.58. The SMILES string of the molecule is N#CCCCC=Cc1nccc(NC(=S)NCC(F)(F)F)n1. The molecule has 0 aliphatic rings. The van der Waals surface area contributed by atoms with Crippen molar-refractivity contribution in [1.82, 2.24) is 15.3 Å². The van der Waals surface area contributed by atoms with E-state index < -0.39 is 12.7 Å². The van der Waals surface area contributed by atoms with E-state index in [0.29, 0.717) is 18.1 Å². The standard InChI is InChI=1S/C13H14F3N5S/c14-13(15,16)9-19-12(22)21-11-6-8-18-10(20-11)5-3-1-2-4-7-17/h3,5-6,8H,1-2,4,9H2,(H2,18,19,20,21,22). The molecule has 1 aromatic rings. The predicted octanol–water partition coefficient (Wildman–Crippen LogP) is 3.03. The van der Waals surface area contributed by atoms with Gasteiger partial charge in [-0.25, -0.2) is 9.97 Å². The van der Waals surface area contributed by atoms with E-state index in [1.54, 1.807) is 6.08 Å². The maximum absolute atomic E-state index is 12.0. The third kappa shape index (κ3) is 8.16. The Balaban J connectivity index is 2.50. The summed E-state index contributed by atoms with van der Waals surface area (Å²) in [5.74, 6) is 0.701. The highest BCUT2D eigenvalue weighted by molar-refractivity contribution is 7.80. The van der Waals surface area contributed by atoms with E-state index in [1.807, 2.05) is 17.5 Å². The second-order valence-electron chi connectivity index (χ2n) is 4.18. The van der Waals surface area contributed by atoms with Crippen LogP contribution in [-0.4, -0.2) is 27.8 Å². The van der Waals surface area contributed by atoms with Crippen LogP contribution < -0.4 is 10.6 Å². The van der Waals surface area contributed by atoms with Gasteiger partial charge >= 0.3 is 6.18 Å². The summed E-state index contributed by atoms with van der Waals surface area (Å²) in [5, 5.41) is 12.8. The third-order valence-electron chi connectivity index (χ3n) is 2.29. The molecule has 0 atom stereocenters. The lowest BCUT2D eigenvalue weighted by molar-refractivity contribution is -0.121. The van der Waals surface area contributed by atoms with E-state index >= 15 is 0 Å². The Bertz CT molecular complexity index is 566. The fourth-order valence-corrected chi connectivity index (χ4v) is 1.53. The molecule has 0 saturated heterocycles. The summed E-state index contributed by atoms with van der Waals surface area (Å²) in [6, 6.07) is 3.54. The lowest BCUT2D eigenvalue weighted by atomic mass is 10.2. The number of hydrogen-bond acceptors (Lipinski definition) is 4. The van der Waals surface area contributed by atoms with Gasteiger partial charge in [-0.3, -0.25) is 0 Å². The Morgan fingerprint density at radius 3 is 2.91 bits per heavy atom. The zero-order valence-electron chi connectivity index (χ0n) is 11.5. The Morgan fingerprint density at radius 1 is 1.45 bits per heavy atom. The number of unbranched alkanes of at least 4 members (excludes halogenated alkanes) is 2. The van der Waals surface area contributed by atoms with Crippen LogP contribution in [0.5, 0.6) is 0 Å². The Hall–Kier alpha value is -2.21. The molecule has 118 valence electrons. The zero-order valence-corrected chi connectivity index (χ0v) is 12.3. The molecule has 0 spiro atoms. The van der Waals surface area contributed by atoms with Crippen molar-refractivity contribution in [3.63, 3.8) is 0 Å². The van der Waals surface area contributed by atoms with Crippen molar-refractivity contribution in [1.29, 1.82) is 5.26 Å². The first-order chi connectivity index (χ1) is 10.4. The minimum absolute atomic E-state index is 0.167. The second kappa shape index (κ2) is 8.94. The number of halogens is 3. The molecule has 0 aromatic carbocycles. The molecule has 0 aliphatic carbocycles. The summed E-state index contributed by atoms with van der Waals surface area (Å²) in [6.45, 7) is -1.21. The number of allylic oxidation sites excluding steroid dienone is 1. The summed E-state index contributed by atoms with van der Waals surface area (Å²) in [6.07, 6.45) is 2.58. The Kier molecular flexibility index (Phi) is 7.25. The molecule has 0 fully saturated rings. The number of thiocarbonyl (C=S) groups is 1. The molecule has 1 aromatic heterocycles. The van der Waals surface area contributed by atoms with Crippen molar-refractivity contribution >= 4 is 29.2 Å². The van der Waals surface area contributed by atoms with Crippen LogP contribution in [0.2, 0.25) is 0 Å². The number of hydrogen-bond donors (Lipinski definition) is 2. The van der Waals surface area contributed by atoms with E-state index in [9.17, 15) is 13.2 Å². The molecule has 0 radical (unpaired) electrons. The predicted molar refractivity (Wildman–Crippen MR) is 80.8 cm³/mol. The number of nitrogens with one attached hydrogen (secondary N) is 2. The van der Waals surface area contributed by atoms with E-state index in [2.05, 4.69) is 15.3 Å². The van der Waals surface area contributed by atoms with Gasteiger partial charge in [0.1, 0.15) is 12.4 Å². The molecule has 0 aliphatic heterocycles. The van der Waals surface area contributed by atoms with Crippen LogP contribution >= 0.6 is 12.2 Å². The van der Waals surface area contributed by atoms with Gasteiger partial charge in [-0.1, -0.05) is 6.08 Å². The van der Waals surface area contributed by atoms with Crippen LogP contribution in [0.25, 0.3) is 6.08 Å². The average Bonchev–Trinajstić information content (AvgIpc) is 2.45. The highest BCUT2D eigenvalue weighted by Crippen LogP contribution is 2.12. The van der Waals surface area contributed by atoms with E-state index in [0.717, 1.165) is 12.8 Å². The number of aromatic nitrogens is 2. The molecule has 1 heterocycles. The maximum Gasteiger partial charge on any atom is 0.405 e. The Labute approximate surface area is 131 Å². The minimum atomic E-state index is -4.34. The largest absolute Gasteiger partial charge is 0.405 e. The van der Waals surface area contributed by atoms with Gasteiger partial charge in [0.2, 0.25) is 0 Å². The van der Waals surface area contributed by atoms with E-state index in [-0.39, 0.29) is 5.11 Å². The van der Waals surface area contributed by atoms with Gasteiger partial charge in [-0.15, -0.1) is 0 Å². The maximum atomic E-state index is 12.0. The molecule has 1 rings (SSSR count). The highest BCUT2D eigenvalue weighted by Gasteiger charge is 2.26. The van der Waals surface area contributed by atoms with Crippen molar-refractivity contribution in [2.24, 2.45) is 0 Å². The summed E-state index contributed by atoms with van der Waals surface area (Å²) < 4.78 is 36.1. The first kappa shape index (κ1) is 17.8. The number of rotatable bonds is 6. The van der Waals surface area contributed by atoms with Gasteiger partial charge in [0.25, 0.3) is 0 Å². The average molecular weight is 329 g/mol. The molecule has 2 N–H and O–H groups in total. The summed E-state index contributed by atoms with van der Waals surface area (Å²) in [4.78, 5) is 8.10. The van der Waals surface area contributed by atoms with E-state index in [1.165, 1.54) is 12.3 Å². The van der Waals surface area contributed by atoms with Crippen molar-refractivity contribution in [2.45, 2.75) is 25.4 Å². The lowest BCUT2D eigenvalue weighted by Crippen LogP contribution is -2.36. The van der Waals surface area contributed by atoms with Gasteiger partial charge in [-0.05, 0) is 37.2 Å². The van der Waals surface area contributed by atoms with Crippen LogP contribution in [0.1, 0.15) is 25.1 Å². The first-order valence-corrected chi connectivity index (χ1v) is 6.79. The molecule has 0 bridgehead atoms. The molecule has 22 heavy (non-hydrogen) atoms. The fourth-order valence-electron chi connectivity index (χ4n) is 1.35. The smallest absolute Gasteiger partial charge is 0.353 e. The minimum Gasteiger partial charge on any atom is -0.353 e. The van der Waals surface area contributed by atoms with Crippen LogP contribution in [0.3, 0.4) is 0 Å². The molecule has 0 amide bonds. The number of alkyl halides is 3.